The fourth-order valence-corrected chi connectivity index (χ4v) is 5.36. The third kappa shape index (κ3) is 8.17. The minimum Gasteiger partial charge on any atom is -0.497 e. The zero-order valence-electron chi connectivity index (χ0n) is 21.9. The Morgan fingerprint density at radius 3 is 2.38 bits per heavy atom. The molecule has 1 amide bonds. The summed E-state index contributed by atoms with van der Waals surface area (Å²) in [5.41, 5.74) is 3.82. The highest BCUT2D eigenvalue weighted by molar-refractivity contribution is 9.10. The van der Waals surface area contributed by atoms with Crippen LogP contribution in [0.25, 0.3) is 0 Å². The van der Waals surface area contributed by atoms with E-state index in [-0.39, 0.29) is 18.0 Å². The summed E-state index contributed by atoms with van der Waals surface area (Å²) in [4.78, 5) is 12.6. The van der Waals surface area contributed by atoms with Crippen molar-refractivity contribution in [2.24, 2.45) is 5.10 Å². The summed E-state index contributed by atoms with van der Waals surface area (Å²) in [5.74, 6) is 0.855. The van der Waals surface area contributed by atoms with E-state index in [0.29, 0.717) is 37.3 Å². The number of rotatable bonds is 12. The number of nitrogens with one attached hydrogen (secondary N) is 1. The summed E-state index contributed by atoms with van der Waals surface area (Å²) in [5, 5.41) is 4.95. The van der Waals surface area contributed by atoms with Crippen LogP contribution in [0.2, 0.25) is 10.0 Å². The molecule has 3 aromatic carbocycles. The van der Waals surface area contributed by atoms with Crippen LogP contribution in [-0.4, -0.2) is 54.7 Å². The summed E-state index contributed by atoms with van der Waals surface area (Å²) < 4.78 is 48.3. The fraction of sp³-hybridized carbons (Fsp3) is 0.231. The second kappa shape index (κ2) is 13.9. The van der Waals surface area contributed by atoms with Crippen molar-refractivity contribution in [3.63, 3.8) is 0 Å². The van der Waals surface area contributed by atoms with Gasteiger partial charge < -0.3 is 18.9 Å². The Hall–Kier alpha value is -3.19. The maximum atomic E-state index is 12.6. The molecule has 0 aliphatic heterocycles. The number of nitrogens with zero attached hydrogens (tertiary/aromatic N) is 2. The van der Waals surface area contributed by atoms with E-state index < -0.39 is 22.5 Å². The number of carbonyl (C=O) groups is 1. The molecule has 0 heterocycles. The van der Waals surface area contributed by atoms with Crippen LogP contribution in [-0.2, 0) is 21.4 Å². The van der Waals surface area contributed by atoms with Gasteiger partial charge in [-0.3, -0.25) is 9.10 Å². The van der Waals surface area contributed by atoms with Gasteiger partial charge in [0.1, 0.15) is 24.7 Å². The lowest BCUT2D eigenvalue weighted by Crippen LogP contribution is -2.39. The van der Waals surface area contributed by atoms with Crippen LogP contribution in [0.5, 0.6) is 23.0 Å². The molecule has 3 rings (SSSR count). The molecular weight excluding hydrogens is 649 g/mol. The van der Waals surface area contributed by atoms with Gasteiger partial charge in [-0.15, -0.1) is 0 Å². The Balaban J connectivity index is 1.72. The highest BCUT2D eigenvalue weighted by Crippen LogP contribution is 2.37. The lowest BCUT2D eigenvalue weighted by atomic mass is 10.2. The van der Waals surface area contributed by atoms with E-state index in [1.54, 1.807) is 36.4 Å². The van der Waals surface area contributed by atoms with Crippen LogP contribution in [0.1, 0.15) is 11.1 Å². The topological polar surface area (TPSA) is 116 Å². The maximum Gasteiger partial charge on any atom is 0.260 e. The first kappa shape index (κ1) is 31.3. The number of benzene rings is 3. The normalized spacial score (nSPS) is 11.3. The van der Waals surface area contributed by atoms with Gasteiger partial charge in [0.05, 0.1) is 44.0 Å². The van der Waals surface area contributed by atoms with E-state index in [9.17, 15) is 13.2 Å². The van der Waals surface area contributed by atoms with Crippen LogP contribution in [0.4, 0.5) is 5.69 Å². The van der Waals surface area contributed by atoms with Gasteiger partial charge >= 0.3 is 0 Å². The summed E-state index contributed by atoms with van der Waals surface area (Å²) >= 11 is 15.6. The summed E-state index contributed by atoms with van der Waals surface area (Å²) in [6.45, 7) is -0.365. The zero-order valence-corrected chi connectivity index (χ0v) is 25.8. The second-order valence-corrected chi connectivity index (χ2v) is 11.8. The Morgan fingerprint density at radius 2 is 1.75 bits per heavy atom. The molecule has 0 saturated carbocycles. The Kier molecular flexibility index (Phi) is 10.9. The van der Waals surface area contributed by atoms with Gasteiger partial charge in [0.25, 0.3) is 5.91 Å². The van der Waals surface area contributed by atoms with Gasteiger partial charge in [0, 0.05) is 21.7 Å². The SMILES string of the molecule is COc1ccc(N(CC(=O)N/N=C\c2cc(Br)c(OCc3ccc(Cl)cc3Cl)c(OC)c2)S(C)(=O)=O)c(OC)c1. The van der Waals surface area contributed by atoms with Crippen LogP contribution in [0.3, 0.4) is 0 Å². The number of hydrogen-bond donors (Lipinski definition) is 1. The fourth-order valence-electron chi connectivity index (χ4n) is 3.46. The van der Waals surface area contributed by atoms with Crippen molar-refractivity contribution >= 4 is 67.0 Å². The molecule has 1 N–H and O–H groups in total. The molecule has 0 aliphatic carbocycles. The number of carbonyl (C=O) groups excluding carboxylic acids is 1. The van der Waals surface area contributed by atoms with Gasteiger partial charge in [0.2, 0.25) is 10.0 Å². The standard InChI is InChI=1S/C26H26BrCl2N3O7S/c1-36-19-7-8-22(23(12-19)37-2)32(40(4,34)35)14-25(33)31-30-13-16-9-20(27)26(24(10-16)38-3)39-15-17-5-6-18(28)11-21(17)29/h5-13H,14-15H2,1-4H3,(H,31,33)/b30-13-. The molecule has 3 aromatic rings. The van der Waals surface area contributed by atoms with Gasteiger partial charge in [0.15, 0.2) is 11.5 Å². The molecular formula is C26H26BrCl2N3O7S. The smallest absolute Gasteiger partial charge is 0.260 e. The molecule has 214 valence electrons. The van der Waals surface area contributed by atoms with Gasteiger partial charge in [-0.1, -0.05) is 29.3 Å². The minimum atomic E-state index is -3.84. The van der Waals surface area contributed by atoms with Crippen molar-refractivity contribution < 1.29 is 32.2 Å². The monoisotopic (exact) mass is 673 g/mol. The Bertz CT molecular complexity index is 1520. The number of hydrazone groups is 1. The predicted octanol–water partition coefficient (Wildman–Crippen LogP) is 5.28. The molecule has 0 aromatic heterocycles. The Labute approximate surface area is 250 Å². The summed E-state index contributed by atoms with van der Waals surface area (Å²) in [6, 6.07) is 13.1. The molecule has 40 heavy (non-hydrogen) atoms. The molecule has 0 saturated heterocycles. The number of methoxy groups -OCH3 is 3. The van der Waals surface area contributed by atoms with E-state index in [4.69, 9.17) is 42.1 Å². The lowest BCUT2D eigenvalue weighted by molar-refractivity contribution is -0.119. The summed E-state index contributed by atoms with van der Waals surface area (Å²) in [7, 11) is 0.502. The van der Waals surface area contributed by atoms with E-state index in [2.05, 4.69) is 26.5 Å². The van der Waals surface area contributed by atoms with Crippen LogP contribution in [0, 0.1) is 0 Å². The van der Waals surface area contributed by atoms with Crippen molar-refractivity contribution in [2.45, 2.75) is 6.61 Å². The zero-order chi connectivity index (χ0) is 29.4. The van der Waals surface area contributed by atoms with E-state index >= 15 is 0 Å². The van der Waals surface area contributed by atoms with Crippen molar-refractivity contribution in [3.8, 4) is 23.0 Å². The van der Waals surface area contributed by atoms with Crippen molar-refractivity contribution in [1.82, 2.24) is 5.43 Å². The molecule has 0 aliphatic rings. The van der Waals surface area contributed by atoms with E-state index in [0.717, 1.165) is 16.1 Å². The second-order valence-electron chi connectivity index (χ2n) is 8.16. The van der Waals surface area contributed by atoms with E-state index in [1.807, 2.05) is 0 Å². The van der Waals surface area contributed by atoms with Gasteiger partial charge in [-0.05, 0) is 57.9 Å². The molecule has 0 unspecified atom stereocenters. The quantitative estimate of drug-likeness (QED) is 0.205. The molecule has 0 atom stereocenters. The maximum absolute atomic E-state index is 12.6. The van der Waals surface area contributed by atoms with Crippen molar-refractivity contribution in [1.29, 1.82) is 0 Å². The largest absolute Gasteiger partial charge is 0.497 e. The van der Waals surface area contributed by atoms with Gasteiger partial charge in [-0.25, -0.2) is 13.8 Å². The number of amides is 1. The first-order valence-corrected chi connectivity index (χ1v) is 14.8. The molecule has 14 heteroatoms. The molecule has 10 nitrogen and oxygen atoms in total. The van der Waals surface area contributed by atoms with Crippen LogP contribution in [0.15, 0.2) is 58.1 Å². The van der Waals surface area contributed by atoms with Crippen LogP contribution >= 0.6 is 39.1 Å². The number of anilines is 1. The molecule has 0 bridgehead atoms. The third-order valence-corrected chi connectivity index (χ3v) is 7.69. The molecule has 0 fully saturated rings. The molecule has 0 spiro atoms. The van der Waals surface area contributed by atoms with Crippen LogP contribution < -0.4 is 28.7 Å². The Morgan fingerprint density at radius 1 is 1.02 bits per heavy atom. The van der Waals surface area contributed by atoms with Crippen molar-refractivity contribution in [2.75, 3.05) is 38.4 Å². The first-order valence-electron chi connectivity index (χ1n) is 11.4. The average Bonchev–Trinajstić information content (AvgIpc) is 2.90. The summed E-state index contributed by atoms with van der Waals surface area (Å²) in [6.07, 6.45) is 2.37. The van der Waals surface area contributed by atoms with Gasteiger partial charge in [-0.2, -0.15) is 5.10 Å². The predicted molar refractivity (Wildman–Crippen MR) is 159 cm³/mol. The third-order valence-electron chi connectivity index (χ3n) is 5.38. The highest BCUT2D eigenvalue weighted by Gasteiger charge is 2.24. The van der Waals surface area contributed by atoms with Crippen molar-refractivity contribution in [3.05, 3.63) is 74.2 Å². The first-order chi connectivity index (χ1) is 19.0. The lowest BCUT2D eigenvalue weighted by Gasteiger charge is -2.23. The average molecular weight is 675 g/mol. The van der Waals surface area contributed by atoms with E-state index in [1.165, 1.54) is 39.7 Å². The number of hydrogen-bond acceptors (Lipinski definition) is 8. The minimum absolute atomic E-state index is 0.171. The highest BCUT2D eigenvalue weighted by atomic mass is 79.9. The number of sulfonamides is 1. The number of halogens is 3. The number of ether oxygens (including phenoxy) is 4. The molecule has 0 radical (unpaired) electrons.